The van der Waals surface area contributed by atoms with Crippen molar-refractivity contribution in [1.29, 1.82) is 0 Å². The van der Waals surface area contributed by atoms with Crippen molar-refractivity contribution in [3.63, 3.8) is 0 Å². The van der Waals surface area contributed by atoms with Gasteiger partial charge in [0.2, 0.25) is 11.7 Å². The molecule has 17 heteroatoms. The number of pyridine rings is 1. The normalized spacial score (nSPS) is 13.8. The largest absolute Gasteiger partial charge is 0.504 e. The van der Waals surface area contributed by atoms with Gasteiger partial charge in [-0.05, 0) is 49.2 Å². The summed E-state index contributed by atoms with van der Waals surface area (Å²) < 4.78 is 49.3. The van der Waals surface area contributed by atoms with Crippen molar-refractivity contribution in [3.05, 3.63) is 76.1 Å². The fourth-order valence-electron chi connectivity index (χ4n) is 5.93. The first-order valence-corrected chi connectivity index (χ1v) is 15.6. The van der Waals surface area contributed by atoms with Gasteiger partial charge in [0.05, 0.1) is 36.2 Å². The van der Waals surface area contributed by atoms with Crippen LogP contribution in [-0.2, 0) is 35.2 Å². The van der Waals surface area contributed by atoms with E-state index in [1.54, 1.807) is 47.1 Å². The average Bonchev–Trinajstić information content (AvgIpc) is 3.74. The number of halogens is 3. The molecule has 1 aliphatic rings. The number of ether oxygens (including phenoxy) is 1. The predicted molar refractivity (Wildman–Crippen MR) is 175 cm³/mol. The van der Waals surface area contributed by atoms with Gasteiger partial charge in [-0.2, -0.15) is 27.8 Å². The molecular weight excluding hydrogens is 645 g/mol. The lowest BCUT2D eigenvalue weighted by molar-refractivity contribution is -0.137. The highest BCUT2D eigenvalue weighted by Crippen LogP contribution is 2.32. The summed E-state index contributed by atoms with van der Waals surface area (Å²) in [5, 5.41) is 21.9. The van der Waals surface area contributed by atoms with E-state index in [2.05, 4.69) is 25.5 Å². The van der Waals surface area contributed by atoms with Crippen LogP contribution in [0.5, 0.6) is 5.75 Å². The Morgan fingerprint density at radius 2 is 1.88 bits per heavy atom. The van der Waals surface area contributed by atoms with Crippen molar-refractivity contribution in [2.45, 2.75) is 39.5 Å². The topological polar surface area (TPSA) is 148 Å². The Bertz CT molecular complexity index is 2050. The third-order valence-corrected chi connectivity index (χ3v) is 8.37. The Morgan fingerprint density at radius 3 is 2.55 bits per heavy atom. The number of hydrogen-bond acceptors (Lipinski definition) is 10. The lowest BCUT2D eigenvalue weighted by Gasteiger charge is -2.37. The number of anilines is 3. The number of carbonyl (C=O) groups is 1. The van der Waals surface area contributed by atoms with E-state index in [0.717, 1.165) is 12.1 Å². The number of aromatic nitrogens is 7. The van der Waals surface area contributed by atoms with Gasteiger partial charge in [-0.1, -0.05) is 6.92 Å². The lowest BCUT2D eigenvalue weighted by Crippen LogP contribution is -2.49. The van der Waals surface area contributed by atoms with Crippen LogP contribution < -0.4 is 20.7 Å². The zero-order valence-electron chi connectivity index (χ0n) is 27.1. The molecule has 0 unspecified atom stereocenters. The number of carbonyl (C=O) groups excluding carboxylic acids is 1. The molecule has 0 aliphatic carbocycles. The minimum Gasteiger partial charge on any atom is -0.504 e. The van der Waals surface area contributed by atoms with Crippen molar-refractivity contribution >= 4 is 28.9 Å². The molecule has 1 amide bonds. The van der Waals surface area contributed by atoms with Gasteiger partial charge < -0.3 is 29.5 Å². The summed E-state index contributed by atoms with van der Waals surface area (Å²) in [6, 6.07) is 6.32. The maximum absolute atomic E-state index is 14.2. The molecule has 258 valence electrons. The highest BCUT2D eigenvalue weighted by Gasteiger charge is 2.31. The number of piperazine rings is 1. The number of aromatic hydroxyl groups is 1. The molecular formula is C32H35F3N10O4. The van der Waals surface area contributed by atoms with Crippen molar-refractivity contribution in [3.8, 4) is 17.1 Å². The second-order valence-electron chi connectivity index (χ2n) is 11.6. The molecule has 0 radical (unpaired) electrons. The first-order chi connectivity index (χ1) is 23.5. The average molecular weight is 681 g/mol. The molecule has 0 spiro atoms. The van der Waals surface area contributed by atoms with Crippen LogP contribution in [0.15, 0.2) is 53.7 Å². The van der Waals surface area contributed by atoms with Gasteiger partial charge in [-0.25, -0.2) is 4.98 Å². The summed E-state index contributed by atoms with van der Waals surface area (Å²) in [6.45, 7) is 5.73. The minimum absolute atomic E-state index is 0.0592. The summed E-state index contributed by atoms with van der Waals surface area (Å²) >= 11 is 0. The number of hydrogen-bond donors (Lipinski definition) is 2. The van der Waals surface area contributed by atoms with Crippen molar-refractivity contribution < 1.29 is 27.8 Å². The van der Waals surface area contributed by atoms with E-state index in [9.17, 15) is 27.9 Å². The second kappa shape index (κ2) is 13.6. The van der Waals surface area contributed by atoms with Crippen molar-refractivity contribution in [2.24, 2.45) is 0 Å². The summed E-state index contributed by atoms with van der Waals surface area (Å²) in [5.41, 5.74) is 0.694. The van der Waals surface area contributed by atoms with Gasteiger partial charge in [0.15, 0.2) is 17.4 Å². The summed E-state index contributed by atoms with van der Waals surface area (Å²) in [5.74, 6) is 0.336. The van der Waals surface area contributed by atoms with Crippen LogP contribution in [0.25, 0.3) is 17.2 Å². The molecule has 1 fully saturated rings. The Kier molecular flexibility index (Phi) is 9.27. The molecule has 0 bridgehead atoms. The molecule has 0 saturated carbocycles. The summed E-state index contributed by atoms with van der Waals surface area (Å²) in [6.07, 6.45) is 0.746. The van der Waals surface area contributed by atoms with E-state index in [-0.39, 0.29) is 35.1 Å². The molecule has 1 aliphatic heterocycles. The molecule has 1 saturated heterocycles. The molecule has 6 rings (SSSR count). The highest BCUT2D eigenvalue weighted by molar-refractivity contribution is 5.91. The Morgan fingerprint density at radius 1 is 1.12 bits per heavy atom. The fourth-order valence-corrected chi connectivity index (χ4v) is 5.93. The molecule has 5 aromatic rings. The Labute approximate surface area is 278 Å². The smallest absolute Gasteiger partial charge is 0.416 e. The van der Waals surface area contributed by atoms with Crippen LogP contribution in [0.2, 0.25) is 0 Å². The third-order valence-electron chi connectivity index (χ3n) is 8.37. The molecule has 4 aromatic heterocycles. The summed E-state index contributed by atoms with van der Waals surface area (Å²) in [7, 11) is 1.59. The molecule has 1 aromatic carbocycles. The zero-order chi connectivity index (χ0) is 34.9. The number of fused-ring (bicyclic) bond motifs is 1. The molecule has 14 nitrogen and oxygen atoms in total. The van der Waals surface area contributed by atoms with Gasteiger partial charge in [-0.3, -0.25) is 14.3 Å². The number of aryl methyl sites for hydroxylation is 1. The maximum Gasteiger partial charge on any atom is 0.416 e. The third kappa shape index (κ3) is 6.78. The second-order valence-corrected chi connectivity index (χ2v) is 11.6. The van der Waals surface area contributed by atoms with Gasteiger partial charge in [0.25, 0.3) is 5.56 Å². The first-order valence-electron chi connectivity index (χ1n) is 15.6. The van der Waals surface area contributed by atoms with Gasteiger partial charge in [0.1, 0.15) is 12.2 Å². The fraction of sp³-hybridized carbons (Fsp3) is 0.375. The van der Waals surface area contributed by atoms with Crippen LogP contribution in [0.1, 0.15) is 23.7 Å². The number of nitrogens with one attached hydrogen (secondary N) is 1. The standard InChI is InChI=1S/C32H35F3N10O4/c1-4-24-27(41-10-12-42(13-11-41)29-25(46)6-5-9-36-29)30(48)45-31(39-28(40-45)21-17-37-43(18-21)14-15-49-3)44(24)19-26(47)38-23-8-7-22(16-20(23)2)32(33,34)35/h5-9,16-18,46H,4,10-15,19H2,1-3H3,(H,38,47). The van der Waals surface area contributed by atoms with E-state index >= 15 is 0 Å². The van der Waals surface area contributed by atoms with E-state index < -0.39 is 23.2 Å². The molecule has 0 atom stereocenters. The molecule has 2 N–H and O–H groups in total. The number of methoxy groups -OCH3 is 1. The minimum atomic E-state index is -4.52. The van der Waals surface area contributed by atoms with Crippen LogP contribution in [0.4, 0.5) is 30.4 Å². The van der Waals surface area contributed by atoms with Gasteiger partial charge >= 0.3 is 6.18 Å². The SMILES string of the molecule is CCc1c(N2CCN(c3ncccc3O)CC2)c(=O)n2nc(-c3cnn(CCOC)c3)nc2n1CC(=O)Nc1ccc(C(F)(F)F)cc1C. The van der Waals surface area contributed by atoms with E-state index in [4.69, 9.17) is 4.74 Å². The van der Waals surface area contributed by atoms with Gasteiger partial charge in [0, 0.05) is 51.4 Å². The Hall–Kier alpha value is -5.45. The molecule has 49 heavy (non-hydrogen) atoms. The first kappa shape index (κ1) is 33.5. The van der Waals surface area contributed by atoms with E-state index in [0.29, 0.717) is 68.5 Å². The quantitative estimate of drug-likeness (QED) is 0.225. The number of rotatable bonds is 10. The monoisotopic (exact) mass is 680 g/mol. The van der Waals surface area contributed by atoms with Crippen LogP contribution >= 0.6 is 0 Å². The van der Waals surface area contributed by atoms with E-state index in [1.165, 1.54) is 17.5 Å². The predicted octanol–water partition coefficient (Wildman–Crippen LogP) is 3.36. The number of benzene rings is 1. The Balaban J connectivity index is 1.38. The van der Waals surface area contributed by atoms with Gasteiger partial charge in [-0.15, -0.1) is 5.10 Å². The van der Waals surface area contributed by atoms with Crippen LogP contribution in [0, 0.1) is 6.92 Å². The van der Waals surface area contributed by atoms with Crippen LogP contribution in [0.3, 0.4) is 0 Å². The lowest BCUT2D eigenvalue weighted by atomic mass is 10.1. The van der Waals surface area contributed by atoms with Crippen molar-refractivity contribution in [1.82, 2.24) is 33.9 Å². The number of alkyl halides is 3. The van der Waals surface area contributed by atoms with Crippen molar-refractivity contribution in [2.75, 3.05) is 55.0 Å². The number of nitrogens with zero attached hydrogens (tertiary/aromatic N) is 9. The number of amides is 1. The molecule has 5 heterocycles. The zero-order valence-corrected chi connectivity index (χ0v) is 27.1. The van der Waals surface area contributed by atoms with Crippen LogP contribution in [-0.4, -0.2) is 84.8 Å². The highest BCUT2D eigenvalue weighted by atomic mass is 19.4. The van der Waals surface area contributed by atoms with E-state index in [1.807, 2.05) is 16.7 Å². The maximum atomic E-state index is 14.2. The summed E-state index contributed by atoms with van der Waals surface area (Å²) in [4.78, 5) is 40.6.